The van der Waals surface area contributed by atoms with Crippen molar-refractivity contribution in [1.82, 2.24) is 14.7 Å². The zero-order valence-electron chi connectivity index (χ0n) is 22.5. The van der Waals surface area contributed by atoms with E-state index >= 15 is 0 Å². The van der Waals surface area contributed by atoms with Crippen molar-refractivity contribution in [2.45, 2.75) is 63.7 Å². The van der Waals surface area contributed by atoms with Crippen LogP contribution in [0.5, 0.6) is 0 Å². The van der Waals surface area contributed by atoms with Crippen LogP contribution in [0, 0.1) is 13.8 Å². The Morgan fingerprint density at radius 3 is 2.08 bits per heavy atom. The molecule has 2 aromatic carbocycles. The van der Waals surface area contributed by atoms with Crippen molar-refractivity contribution >= 4 is 15.7 Å². The molecule has 0 amide bonds. The summed E-state index contributed by atoms with van der Waals surface area (Å²) in [5.74, 6) is 0. The predicted molar refractivity (Wildman–Crippen MR) is 153 cm³/mol. The zero-order chi connectivity index (χ0) is 27.6. The van der Waals surface area contributed by atoms with Gasteiger partial charge in [0.25, 0.3) is 0 Å². The fourth-order valence-corrected chi connectivity index (χ4v) is 6.34. The maximum Gasteiger partial charge on any atom is 0.241 e. The van der Waals surface area contributed by atoms with E-state index in [4.69, 9.17) is 9.97 Å². The van der Waals surface area contributed by atoms with Crippen LogP contribution in [0.4, 0.5) is 5.69 Å². The highest BCUT2D eigenvalue weighted by Crippen LogP contribution is 2.36. The number of benzene rings is 2. The van der Waals surface area contributed by atoms with Crippen LogP contribution in [-0.4, -0.2) is 29.6 Å². The van der Waals surface area contributed by atoms with Gasteiger partial charge in [-0.15, -0.1) is 0 Å². The fraction of sp³-hybridized carbons (Fsp3) is 0.290. The number of rotatable bonds is 9. The molecule has 0 aliphatic heterocycles. The molecule has 0 fully saturated rings. The summed E-state index contributed by atoms with van der Waals surface area (Å²) >= 11 is 0. The molecule has 8 heteroatoms. The van der Waals surface area contributed by atoms with Gasteiger partial charge in [0.05, 0.1) is 41.5 Å². The lowest BCUT2D eigenvalue weighted by Crippen LogP contribution is -2.34. The average molecular weight is 543 g/mol. The van der Waals surface area contributed by atoms with Crippen molar-refractivity contribution in [1.29, 1.82) is 0 Å². The van der Waals surface area contributed by atoms with E-state index in [1.807, 2.05) is 87.5 Å². The molecule has 1 aliphatic rings. The number of aryl methyl sites for hydroxylation is 3. The minimum absolute atomic E-state index is 0.189. The van der Waals surface area contributed by atoms with E-state index in [1.165, 1.54) is 0 Å². The molecular weight excluding hydrogens is 508 g/mol. The van der Waals surface area contributed by atoms with E-state index in [-0.39, 0.29) is 4.90 Å². The number of sulfonamides is 1. The van der Waals surface area contributed by atoms with Crippen LogP contribution in [0.1, 0.15) is 52.4 Å². The highest BCUT2D eigenvalue weighted by molar-refractivity contribution is 7.89. The van der Waals surface area contributed by atoms with Crippen molar-refractivity contribution in [2.24, 2.45) is 0 Å². The summed E-state index contributed by atoms with van der Waals surface area (Å²) in [5, 5.41) is 10.9. The number of anilines is 1. The number of fused-ring (bicyclic) bond motifs is 1. The van der Waals surface area contributed by atoms with Crippen molar-refractivity contribution in [3.63, 3.8) is 0 Å². The van der Waals surface area contributed by atoms with Gasteiger partial charge < -0.3 is 10.0 Å². The molecule has 202 valence electrons. The van der Waals surface area contributed by atoms with Gasteiger partial charge in [0.2, 0.25) is 10.0 Å². The van der Waals surface area contributed by atoms with Crippen LogP contribution in [-0.2, 0) is 36.0 Å². The molecule has 0 radical (unpaired) electrons. The SMILES string of the molecule is CCc1ccc(S(=O)(=O)NC2c3cc(N(Cc4cccc(C)n4)Cc4cccc(C)n4)ccc3CC2O)cc1. The zero-order valence-corrected chi connectivity index (χ0v) is 23.3. The quantitative estimate of drug-likeness (QED) is 0.316. The summed E-state index contributed by atoms with van der Waals surface area (Å²) < 4.78 is 29.3. The minimum atomic E-state index is -3.83. The molecule has 0 spiro atoms. The maximum absolute atomic E-state index is 13.3. The number of aliphatic hydroxyl groups is 1. The lowest BCUT2D eigenvalue weighted by Gasteiger charge is -2.26. The number of nitrogens with one attached hydrogen (secondary N) is 1. The second kappa shape index (κ2) is 11.3. The number of pyridine rings is 2. The fourth-order valence-electron chi connectivity index (χ4n) is 5.09. The molecule has 4 aromatic rings. The molecule has 2 unspecified atom stereocenters. The first-order valence-electron chi connectivity index (χ1n) is 13.2. The third kappa shape index (κ3) is 6.19. The smallest absolute Gasteiger partial charge is 0.241 e. The predicted octanol–water partition coefficient (Wildman–Crippen LogP) is 4.80. The molecule has 0 saturated carbocycles. The van der Waals surface area contributed by atoms with Gasteiger partial charge in [-0.05, 0) is 85.5 Å². The van der Waals surface area contributed by atoms with Gasteiger partial charge >= 0.3 is 0 Å². The second-order valence-corrected chi connectivity index (χ2v) is 11.9. The number of aromatic nitrogens is 2. The Kier molecular flexibility index (Phi) is 7.79. The summed E-state index contributed by atoms with van der Waals surface area (Å²) in [7, 11) is -3.83. The molecule has 7 nitrogen and oxygen atoms in total. The molecule has 39 heavy (non-hydrogen) atoms. The van der Waals surface area contributed by atoms with E-state index in [1.54, 1.807) is 12.1 Å². The van der Waals surface area contributed by atoms with Gasteiger partial charge in [0.1, 0.15) is 0 Å². The first-order valence-corrected chi connectivity index (χ1v) is 14.7. The standard InChI is InChI=1S/C31H34N4O3S/c1-4-23-11-15-28(16-12-23)39(37,38)34-31-29-18-27(14-13-24(29)17-30(31)36)35(19-25-9-5-7-21(2)32-25)20-26-10-6-8-22(3)33-26/h5-16,18,30-31,34,36H,4,17,19-20H2,1-3H3. The lowest BCUT2D eigenvalue weighted by atomic mass is 10.1. The van der Waals surface area contributed by atoms with Crippen molar-refractivity contribution in [3.8, 4) is 0 Å². The van der Waals surface area contributed by atoms with Gasteiger partial charge in [0, 0.05) is 23.5 Å². The minimum Gasteiger partial charge on any atom is -0.391 e. The third-order valence-electron chi connectivity index (χ3n) is 7.17. The van der Waals surface area contributed by atoms with E-state index in [0.29, 0.717) is 19.5 Å². The Morgan fingerprint density at radius 1 is 0.897 bits per heavy atom. The van der Waals surface area contributed by atoms with Gasteiger partial charge in [-0.2, -0.15) is 0 Å². The third-order valence-corrected chi connectivity index (χ3v) is 8.62. The lowest BCUT2D eigenvalue weighted by molar-refractivity contribution is 0.151. The van der Waals surface area contributed by atoms with Crippen LogP contribution >= 0.6 is 0 Å². The van der Waals surface area contributed by atoms with Crippen LogP contribution in [0.2, 0.25) is 0 Å². The Balaban J connectivity index is 1.47. The Hall–Kier alpha value is -3.59. The summed E-state index contributed by atoms with van der Waals surface area (Å²) in [4.78, 5) is 11.8. The topological polar surface area (TPSA) is 95.4 Å². The highest BCUT2D eigenvalue weighted by Gasteiger charge is 2.35. The van der Waals surface area contributed by atoms with E-state index in [0.717, 1.165) is 51.6 Å². The Bertz CT molecular complexity index is 1520. The molecule has 5 rings (SSSR count). The summed E-state index contributed by atoms with van der Waals surface area (Å²) in [5.41, 5.74) is 7.43. The highest BCUT2D eigenvalue weighted by atomic mass is 32.2. The second-order valence-electron chi connectivity index (χ2n) is 10.1. The molecular formula is C31H34N4O3S. The van der Waals surface area contributed by atoms with Gasteiger partial charge in [0.15, 0.2) is 0 Å². The molecule has 2 aromatic heterocycles. The Labute approximate surface area is 230 Å². The Morgan fingerprint density at radius 2 is 1.51 bits per heavy atom. The van der Waals surface area contributed by atoms with Gasteiger partial charge in [-0.25, -0.2) is 13.1 Å². The molecule has 0 bridgehead atoms. The van der Waals surface area contributed by atoms with Crippen molar-refractivity contribution in [2.75, 3.05) is 4.90 Å². The number of hydrogen-bond acceptors (Lipinski definition) is 6. The molecule has 2 heterocycles. The number of aliphatic hydroxyl groups excluding tert-OH is 1. The first kappa shape index (κ1) is 27.0. The van der Waals surface area contributed by atoms with E-state index < -0.39 is 22.2 Å². The van der Waals surface area contributed by atoms with E-state index in [2.05, 4.69) is 9.62 Å². The van der Waals surface area contributed by atoms with Crippen molar-refractivity contribution in [3.05, 3.63) is 118 Å². The van der Waals surface area contributed by atoms with Crippen LogP contribution in [0.15, 0.2) is 83.8 Å². The maximum atomic E-state index is 13.3. The van der Waals surface area contributed by atoms with Crippen LogP contribution < -0.4 is 9.62 Å². The molecule has 2 N–H and O–H groups in total. The molecule has 1 aliphatic carbocycles. The first-order chi connectivity index (χ1) is 18.7. The monoisotopic (exact) mass is 542 g/mol. The van der Waals surface area contributed by atoms with Gasteiger partial charge in [-0.1, -0.05) is 37.3 Å². The largest absolute Gasteiger partial charge is 0.391 e. The normalized spacial score (nSPS) is 16.7. The number of nitrogens with zero attached hydrogens (tertiary/aromatic N) is 3. The average Bonchev–Trinajstić information content (AvgIpc) is 3.22. The summed E-state index contributed by atoms with van der Waals surface area (Å²) in [6.45, 7) is 7.08. The summed E-state index contributed by atoms with van der Waals surface area (Å²) in [6, 6.07) is 24.1. The van der Waals surface area contributed by atoms with Crippen molar-refractivity contribution < 1.29 is 13.5 Å². The summed E-state index contributed by atoms with van der Waals surface area (Å²) in [6.07, 6.45) is 0.360. The number of hydrogen-bond donors (Lipinski definition) is 2. The van der Waals surface area contributed by atoms with E-state index in [9.17, 15) is 13.5 Å². The van der Waals surface area contributed by atoms with Crippen LogP contribution in [0.25, 0.3) is 0 Å². The van der Waals surface area contributed by atoms with Crippen LogP contribution in [0.3, 0.4) is 0 Å². The van der Waals surface area contributed by atoms with Gasteiger partial charge in [-0.3, -0.25) is 9.97 Å². The molecule has 2 atom stereocenters. The molecule has 0 saturated heterocycles.